The number of aliphatic hydroxyl groups is 1. The second kappa shape index (κ2) is 4.83. The van der Waals surface area contributed by atoms with E-state index in [4.69, 9.17) is 5.11 Å². The second-order valence-electron chi connectivity index (χ2n) is 2.50. The highest BCUT2D eigenvalue weighted by molar-refractivity contribution is 7.85. The maximum absolute atomic E-state index is 11.4. The molecule has 1 unspecified atom stereocenters. The molecular formula is C8H9NO4S. The normalized spacial score (nSPS) is 12.4. The molecule has 0 aliphatic rings. The van der Waals surface area contributed by atoms with Crippen LogP contribution < -0.4 is 0 Å². The minimum Gasteiger partial charge on any atom is -0.395 e. The number of nitro benzene ring substituents is 1. The Balaban J connectivity index is 3.07. The van der Waals surface area contributed by atoms with Gasteiger partial charge in [0.2, 0.25) is 0 Å². The first-order valence-corrected chi connectivity index (χ1v) is 5.21. The molecule has 5 nitrogen and oxygen atoms in total. The lowest BCUT2D eigenvalue weighted by molar-refractivity contribution is -0.387. The van der Waals surface area contributed by atoms with Crippen molar-refractivity contribution in [2.75, 3.05) is 12.4 Å². The minimum absolute atomic E-state index is 0.0187. The summed E-state index contributed by atoms with van der Waals surface area (Å²) in [5.41, 5.74) is -0.167. The molecule has 0 aromatic heterocycles. The number of rotatable bonds is 4. The number of nitrogens with zero attached hydrogens (tertiary/aromatic N) is 1. The molecule has 0 aliphatic carbocycles. The van der Waals surface area contributed by atoms with Gasteiger partial charge in [-0.15, -0.1) is 0 Å². The maximum atomic E-state index is 11.4. The van der Waals surface area contributed by atoms with Gasteiger partial charge in [0.05, 0.1) is 28.1 Å². The lowest BCUT2D eigenvalue weighted by Gasteiger charge is -2.00. The predicted molar refractivity (Wildman–Crippen MR) is 51.5 cm³/mol. The van der Waals surface area contributed by atoms with Gasteiger partial charge in [-0.3, -0.25) is 14.3 Å². The summed E-state index contributed by atoms with van der Waals surface area (Å²) in [5.74, 6) is 0.0187. The van der Waals surface area contributed by atoms with Crippen LogP contribution >= 0.6 is 0 Å². The molecule has 0 heterocycles. The Morgan fingerprint density at radius 3 is 2.64 bits per heavy atom. The lowest BCUT2D eigenvalue weighted by atomic mass is 10.3. The molecule has 0 amide bonds. The van der Waals surface area contributed by atoms with E-state index in [1.165, 1.54) is 18.2 Å². The smallest absolute Gasteiger partial charge is 0.285 e. The summed E-state index contributed by atoms with van der Waals surface area (Å²) < 4.78 is 11.4. The number of para-hydroxylation sites is 1. The Kier molecular flexibility index (Phi) is 3.73. The van der Waals surface area contributed by atoms with Crippen LogP contribution in [0.4, 0.5) is 5.69 Å². The van der Waals surface area contributed by atoms with Gasteiger partial charge < -0.3 is 5.11 Å². The van der Waals surface area contributed by atoms with Crippen LogP contribution in [0.2, 0.25) is 0 Å². The highest BCUT2D eigenvalue weighted by Gasteiger charge is 2.16. The van der Waals surface area contributed by atoms with Gasteiger partial charge in [0.15, 0.2) is 0 Å². The van der Waals surface area contributed by atoms with Crippen molar-refractivity contribution >= 4 is 16.5 Å². The van der Waals surface area contributed by atoms with Crippen LogP contribution in [0.1, 0.15) is 0 Å². The Bertz CT molecular complexity index is 366. The third-order valence-electron chi connectivity index (χ3n) is 1.58. The van der Waals surface area contributed by atoms with E-state index < -0.39 is 15.7 Å². The van der Waals surface area contributed by atoms with E-state index >= 15 is 0 Å². The fourth-order valence-electron chi connectivity index (χ4n) is 0.993. The van der Waals surface area contributed by atoms with Crippen molar-refractivity contribution in [1.82, 2.24) is 0 Å². The molecule has 1 N–H and O–H groups in total. The van der Waals surface area contributed by atoms with E-state index in [1.54, 1.807) is 6.07 Å². The van der Waals surface area contributed by atoms with Crippen molar-refractivity contribution in [2.24, 2.45) is 0 Å². The highest BCUT2D eigenvalue weighted by atomic mass is 32.2. The Hall–Kier alpha value is -1.27. The molecule has 1 atom stereocenters. The van der Waals surface area contributed by atoms with Gasteiger partial charge in [0.1, 0.15) is 4.90 Å². The van der Waals surface area contributed by atoms with Gasteiger partial charge in [0.25, 0.3) is 5.69 Å². The first kappa shape index (κ1) is 10.8. The average molecular weight is 215 g/mol. The second-order valence-corrected chi connectivity index (χ2v) is 4.04. The lowest BCUT2D eigenvalue weighted by Crippen LogP contribution is -2.04. The molecule has 1 rings (SSSR count). The summed E-state index contributed by atoms with van der Waals surface area (Å²) in [6, 6.07) is 5.82. The molecule has 6 heteroatoms. The Labute approximate surface area is 83.0 Å². The third kappa shape index (κ3) is 2.36. The molecule has 0 saturated carbocycles. The maximum Gasteiger partial charge on any atom is 0.285 e. The summed E-state index contributed by atoms with van der Waals surface area (Å²) in [6.45, 7) is -0.251. The molecule has 1 aromatic carbocycles. The van der Waals surface area contributed by atoms with E-state index in [-0.39, 0.29) is 22.9 Å². The summed E-state index contributed by atoms with van der Waals surface area (Å²) in [5, 5.41) is 19.1. The molecule has 0 bridgehead atoms. The van der Waals surface area contributed by atoms with Crippen molar-refractivity contribution in [1.29, 1.82) is 0 Å². The molecular weight excluding hydrogens is 206 g/mol. The first-order chi connectivity index (χ1) is 6.66. The van der Waals surface area contributed by atoms with E-state index in [1.807, 2.05) is 0 Å². The van der Waals surface area contributed by atoms with Gasteiger partial charge in [-0.1, -0.05) is 12.1 Å². The molecule has 0 aliphatic heterocycles. The quantitative estimate of drug-likeness (QED) is 0.592. The van der Waals surface area contributed by atoms with E-state index in [0.717, 1.165) is 0 Å². The van der Waals surface area contributed by atoms with Gasteiger partial charge in [0, 0.05) is 6.07 Å². The van der Waals surface area contributed by atoms with Gasteiger partial charge in [-0.2, -0.15) is 0 Å². The van der Waals surface area contributed by atoms with Crippen LogP contribution in [0, 0.1) is 10.1 Å². The topological polar surface area (TPSA) is 80.4 Å². The standard InChI is InChI=1S/C8H9NO4S/c10-5-6-14(13)8-4-2-1-3-7(8)9(11)12/h1-4,10H,5-6H2. The van der Waals surface area contributed by atoms with E-state index in [0.29, 0.717) is 0 Å². The van der Waals surface area contributed by atoms with E-state index in [9.17, 15) is 14.3 Å². The highest BCUT2D eigenvalue weighted by Crippen LogP contribution is 2.21. The number of benzene rings is 1. The number of nitro groups is 1. The van der Waals surface area contributed by atoms with Gasteiger partial charge in [-0.25, -0.2) is 0 Å². The minimum atomic E-state index is -1.51. The Morgan fingerprint density at radius 2 is 2.07 bits per heavy atom. The Morgan fingerprint density at radius 1 is 1.43 bits per heavy atom. The summed E-state index contributed by atoms with van der Waals surface area (Å²) in [6.07, 6.45) is 0. The zero-order chi connectivity index (χ0) is 10.6. The van der Waals surface area contributed by atoms with Crippen LogP contribution in [-0.4, -0.2) is 26.6 Å². The predicted octanol–water partition coefficient (Wildman–Crippen LogP) is 0.695. The molecule has 76 valence electrons. The fraction of sp³-hybridized carbons (Fsp3) is 0.250. The van der Waals surface area contributed by atoms with Crippen LogP contribution in [0.15, 0.2) is 29.2 Å². The van der Waals surface area contributed by atoms with Crippen LogP contribution in [0.25, 0.3) is 0 Å². The molecule has 14 heavy (non-hydrogen) atoms. The summed E-state index contributed by atoms with van der Waals surface area (Å²) >= 11 is 0. The number of aliphatic hydroxyl groups excluding tert-OH is 1. The summed E-state index contributed by atoms with van der Waals surface area (Å²) in [4.78, 5) is 10.1. The monoisotopic (exact) mass is 215 g/mol. The zero-order valence-corrected chi connectivity index (χ0v) is 8.07. The van der Waals surface area contributed by atoms with Crippen LogP contribution in [-0.2, 0) is 10.8 Å². The largest absolute Gasteiger partial charge is 0.395 e. The van der Waals surface area contributed by atoms with E-state index in [2.05, 4.69) is 0 Å². The molecule has 0 fully saturated rings. The first-order valence-electron chi connectivity index (χ1n) is 3.89. The van der Waals surface area contributed by atoms with Crippen molar-refractivity contribution in [2.45, 2.75) is 4.90 Å². The number of hydrogen-bond donors (Lipinski definition) is 1. The van der Waals surface area contributed by atoms with Gasteiger partial charge in [-0.05, 0) is 6.07 Å². The van der Waals surface area contributed by atoms with Crippen molar-refractivity contribution in [3.8, 4) is 0 Å². The van der Waals surface area contributed by atoms with Gasteiger partial charge >= 0.3 is 0 Å². The van der Waals surface area contributed by atoms with Crippen LogP contribution in [0.5, 0.6) is 0 Å². The van der Waals surface area contributed by atoms with Crippen molar-refractivity contribution in [3.05, 3.63) is 34.4 Å². The molecule has 1 aromatic rings. The molecule has 0 spiro atoms. The van der Waals surface area contributed by atoms with Crippen molar-refractivity contribution < 1.29 is 14.2 Å². The number of hydrogen-bond acceptors (Lipinski definition) is 4. The molecule has 0 saturated heterocycles. The molecule has 0 radical (unpaired) electrons. The fourth-order valence-corrected chi connectivity index (χ4v) is 1.99. The SMILES string of the molecule is O=[N+]([O-])c1ccccc1S(=O)CCO. The van der Waals surface area contributed by atoms with Crippen molar-refractivity contribution in [3.63, 3.8) is 0 Å². The van der Waals surface area contributed by atoms with Crippen LogP contribution in [0.3, 0.4) is 0 Å². The summed E-state index contributed by atoms with van der Waals surface area (Å²) in [7, 11) is -1.51. The average Bonchev–Trinajstić information content (AvgIpc) is 2.18. The third-order valence-corrected chi connectivity index (χ3v) is 2.97. The zero-order valence-electron chi connectivity index (χ0n) is 7.25.